The van der Waals surface area contributed by atoms with Crippen LogP contribution in [0.5, 0.6) is 0 Å². The number of aliphatic carboxylic acids is 1. The van der Waals surface area contributed by atoms with Crippen molar-refractivity contribution in [3.63, 3.8) is 0 Å². The molecule has 0 bridgehead atoms. The molecule has 0 radical (unpaired) electrons. The second-order valence-electron chi connectivity index (χ2n) is 5.19. The van der Waals surface area contributed by atoms with Gasteiger partial charge in [0.15, 0.2) is 0 Å². The molecular weight excluding hydrogens is 272 g/mol. The zero-order valence-electron chi connectivity index (χ0n) is 11.5. The van der Waals surface area contributed by atoms with Gasteiger partial charge in [0.05, 0.1) is 0 Å². The zero-order chi connectivity index (χ0) is 15.5. The summed E-state index contributed by atoms with van der Waals surface area (Å²) >= 11 is 0. The van der Waals surface area contributed by atoms with Crippen LogP contribution in [0, 0.1) is 5.92 Å². The maximum absolute atomic E-state index is 12.0. The van der Waals surface area contributed by atoms with Crippen LogP contribution in [-0.2, 0) is 19.8 Å². The van der Waals surface area contributed by atoms with Crippen molar-refractivity contribution in [1.82, 2.24) is 10.9 Å². The summed E-state index contributed by atoms with van der Waals surface area (Å²) in [6.07, 6.45) is 2.25. The number of carboxylic acid groups (broad SMARTS) is 1. The van der Waals surface area contributed by atoms with Crippen LogP contribution in [0.15, 0.2) is 42.5 Å². The summed E-state index contributed by atoms with van der Waals surface area (Å²) in [6.45, 7) is 2.00. The van der Waals surface area contributed by atoms with Gasteiger partial charge in [0.25, 0.3) is 5.91 Å². The Kier molecular flexibility index (Phi) is 4.07. The highest BCUT2D eigenvalue weighted by Crippen LogP contribution is 2.53. The minimum atomic E-state index is -1.23. The van der Waals surface area contributed by atoms with Crippen LogP contribution in [-0.4, -0.2) is 22.9 Å². The number of carbonyl (C=O) groups excluding carboxylic acids is 2. The van der Waals surface area contributed by atoms with E-state index in [1.807, 2.05) is 37.3 Å². The van der Waals surface area contributed by atoms with Gasteiger partial charge in [-0.3, -0.25) is 20.4 Å². The Hall–Kier alpha value is -2.63. The molecule has 1 saturated carbocycles. The minimum absolute atomic E-state index is 0.205. The van der Waals surface area contributed by atoms with Crippen molar-refractivity contribution in [2.45, 2.75) is 18.8 Å². The van der Waals surface area contributed by atoms with Gasteiger partial charge in [-0.25, -0.2) is 4.79 Å². The Morgan fingerprint density at radius 2 is 1.86 bits per heavy atom. The van der Waals surface area contributed by atoms with Crippen molar-refractivity contribution in [3.8, 4) is 0 Å². The first-order chi connectivity index (χ1) is 9.93. The second-order valence-corrected chi connectivity index (χ2v) is 5.19. The zero-order valence-corrected chi connectivity index (χ0v) is 11.5. The molecule has 0 saturated heterocycles. The first kappa shape index (κ1) is 14.8. The molecule has 0 aromatic heterocycles. The maximum atomic E-state index is 12.0. The van der Waals surface area contributed by atoms with E-state index < -0.39 is 11.9 Å². The van der Waals surface area contributed by atoms with Gasteiger partial charge in [-0.05, 0) is 12.0 Å². The lowest BCUT2D eigenvalue weighted by Gasteiger charge is -2.12. The molecule has 0 spiro atoms. The predicted molar refractivity (Wildman–Crippen MR) is 75.0 cm³/mol. The van der Waals surface area contributed by atoms with Crippen LogP contribution in [0.2, 0.25) is 0 Å². The van der Waals surface area contributed by atoms with Gasteiger partial charge in [-0.2, -0.15) is 0 Å². The highest BCUT2D eigenvalue weighted by molar-refractivity contribution is 5.95. The number of benzene rings is 1. The largest absolute Gasteiger partial charge is 0.478 e. The number of amides is 2. The van der Waals surface area contributed by atoms with E-state index in [-0.39, 0.29) is 17.2 Å². The quantitative estimate of drug-likeness (QED) is 0.563. The topological polar surface area (TPSA) is 95.5 Å². The standard InChI is InChI=1S/C15H16N2O4/c1-15(10-5-3-2-4-6-10)9-11(15)14(21)17-16-12(18)7-8-13(19)20/h2-8,11H,9H2,1H3,(H,16,18)(H,17,21)(H,19,20)/b8-7+/t11-,15+/m0/s1. The third kappa shape index (κ3) is 3.47. The Balaban J connectivity index is 1.86. The van der Waals surface area contributed by atoms with Gasteiger partial charge in [0.1, 0.15) is 0 Å². The van der Waals surface area contributed by atoms with Crippen molar-refractivity contribution < 1.29 is 19.5 Å². The fourth-order valence-electron chi connectivity index (χ4n) is 2.28. The van der Waals surface area contributed by atoms with Crippen molar-refractivity contribution in [3.05, 3.63) is 48.0 Å². The average Bonchev–Trinajstić information content (AvgIpc) is 3.17. The Morgan fingerprint density at radius 1 is 1.19 bits per heavy atom. The van der Waals surface area contributed by atoms with E-state index in [2.05, 4.69) is 10.9 Å². The molecule has 2 amide bonds. The molecule has 6 heteroatoms. The summed E-state index contributed by atoms with van der Waals surface area (Å²) in [5, 5.41) is 8.38. The molecular formula is C15H16N2O4. The van der Waals surface area contributed by atoms with Gasteiger partial charge in [-0.1, -0.05) is 37.3 Å². The number of hydrazine groups is 1. The van der Waals surface area contributed by atoms with Crippen LogP contribution < -0.4 is 10.9 Å². The third-order valence-electron chi connectivity index (χ3n) is 3.67. The first-order valence-corrected chi connectivity index (χ1v) is 6.50. The summed E-state index contributed by atoms with van der Waals surface area (Å²) in [5.74, 6) is -2.40. The molecule has 6 nitrogen and oxygen atoms in total. The first-order valence-electron chi connectivity index (χ1n) is 6.50. The molecule has 2 rings (SSSR count). The van der Waals surface area contributed by atoms with E-state index in [9.17, 15) is 14.4 Å². The van der Waals surface area contributed by atoms with E-state index in [0.29, 0.717) is 12.5 Å². The van der Waals surface area contributed by atoms with Crippen molar-refractivity contribution in [1.29, 1.82) is 0 Å². The summed E-state index contributed by atoms with van der Waals surface area (Å²) in [6, 6.07) is 9.71. The molecule has 1 aromatic carbocycles. The highest BCUT2D eigenvalue weighted by atomic mass is 16.4. The summed E-state index contributed by atoms with van der Waals surface area (Å²) in [5.41, 5.74) is 5.34. The Labute approximate surface area is 121 Å². The molecule has 0 aliphatic heterocycles. The number of rotatable bonds is 4. The summed E-state index contributed by atoms with van der Waals surface area (Å²) < 4.78 is 0. The fraction of sp³-hybridized carbons (Fsp3) is 0.267. The molecule has 1 aliphatic carbocycles. The van der Waals surface area contributed by atoms with Gasteiger partial charge < -0.3 is 5.11 Å². The lowest BCUT2D eigenvalue weighted by Crippen LogP contribution is -2.42. The number of hydrogen-bond donors (Lipinski definition) is 3. The molecule has 1 aromatic rings. The molecule has 2 atom stereocenters. The second kappa shape index (κ2) is 5.78. The van der Waals surface area contributed by atoms with Crippen LogP contribution in [0.1, 0.15) is 18.9 Å². The van der Waals surface area contributed by atoms with E-state index in [4.69, 9.17) is 5.11 Å². The molecule has 1 aliphatic rings. The van der Waals surface area contributed by atoms with Gasteiger partial charge in [-0.15, -0.1) is 0 Å². The van der Waals surface area contributed by atoms with Crippen LogP contribution >= 0.6 is 0 Å². The predicted octanol–water partition coefficient (Wildman–Crippen LogP) is 0.752. The molecule has 3 N–H and O–H groups in total. The van der Waals surface area contributed by atoms with Crippen molar-refractivity contribution >= 4 is 17.8 Å². The molecule has 1 fully saturated rings. The third-order valence-corrected chi connectivity index (χ3v) is 3.67. The average molecular weight is 288 g/mol. The van der Waals surface area contributed by atoms with E-state index >= 15 is 0 Å². The van der Waals surface area contributed by atoms with E-state index in [0.717, 1.165) is 11.6 Å². The van der Waals surface area contributed by atoms with Gasteiger partial charge in [0.2, 0.25) is 5.91 Å². The van der Waals surface area contributed by atoms with Crippen molar-refractivity contribution in [2.24, 2.45) is 5.92 Å². The number of carbonyl (C=O) groups is 3. The Morgan fingerprint density at radius 3 is 2.48 bits per heavy atom. The van der Waals surface area contributed by atoms with Crippen LogP contribution in [0.3, 0.4) is 0 Å². The molecule has 0 heterocycles. The highest BCUT2D eigenvalue weighted by Gasteiger charge is 2.55. The maximum Gasteiger partial charge on any atom is 0.328 e. The normalized spacial score (nSPS) is 23.6. The van der Waals surface area contributed by atoms with Crippen LogP contribution in [0.4, 0.5) is 0 Å². The summed E-state index contributed by atoms with van der Waals surface area (Å²) in [4.78, 5) is 33.5. The van der Waals surface area contributed by atoms with Crippen molar-refractivity contribution in [2.75, 3.05) is 0 Å². The van der Waals surface area contributed by atoms with Gasteiger partial charge >= 0.3 is 5.97 Å². The molecule has 0 unspecified atom stereocenters. The number of carboxylic acids is 1. The Bertz CT molecular complexity index is 597. The van der Waals surface area contributed by atoms with E-state index in [1.165, 1.54) is 0 Å². The number of hydrogen-bond acceptors (Lipinski definition) is 3. The van der Waals surface area contributed by atoms with Gasteiger partial charge in [0, 0.05) is 23.5 Å². The SMILES string of the molecule is C[C@]1(c2ccccc2)C[C@H]1C(=O)NNC(=O)/C=C/C(=O)O. The summed E-state index contributed by atoms with van der Waals surface area (Å²) in [7, 11) is 0. The lowest BCUT2D eigenvalue weighted by molar-refractivity contribution is -0.131. The van der Waals surface area contributed by atoms with Crippen LogP contribution in [0.25, 0.3) is 0 Å². The smallest absolute Gasteiger partial charge is 0.328 e. The minimum Gasteiger partial charge on any atom is -0.478 e. The number of nitrogens with one attached hydrogen (secondary N) is 2. The van der Waals surface area contributed by atoms with E-state index in [1.54, 1.807) is 0 Å². The monoisotopic (exact) mass is 288 g/mol. The molecule has 21 heavy (non-hydrogen) atoms. The molecule has 110 valence electrons. The fourth-order valence-corrected chi connectivity index (χ4v) is 2.28. The lowest BCUT2D eigenvalue weighted by atomic mass is 9.95.